The molecule has 1 saturated carbocycles. The molecule has 0 radical (unpaired) electrons. The number of aliphatic hydroxyl groups excluding tert-OH is 2. The highest BCUT2D eigenvalue weighted by molar-refractivity contribution is 5.91. The van der Waals surface area contributed by atoms with Gasteiger partial charge in [0.05, 0.1) is 38.1 Å². The fourth-order valence-corrected chi connectivity index (χ4v) is 6.08. The van der Waals surface area contributed by atoms with Crippen molar-refractivity contribution >= 4 is 23.6 Å². The van der Waals surface area contributed by atoms with Crippen molar-refractivity contribution < 1.29 is 53.5 Å². The van der Waals surface area contributed by atoms with E-state index in [2.05, 4.69) is 17.1 Å². The molecule has 0 spiro atoms. The van der Waals surface area contributed by atoms with E-state index < -0.39 is 35.3 Å². The fraction of sp³-hybridized carbons (Fsp3) is 0.676. The predicted octanol–water partition coefficient (Wildman–Crippen LogP) is 5.43. The van der Waals surface area contributed by atoms with Crippen LogP contribution in [-0.2, 0) is 24.0 Å². The van der Waals surface area contributed by atoms with Gasteiger partial charge in [0.25, 0.3) is 5.09 Å². The first kappa shape index (κ1) is 43.1. The number of nitrogens with one attached hydrogen (secondary N) is 1. The highest BCUT2D eigenvalue weighted by atomic mass is 16.9. The lowest BCUT2D eigenvalue weighted by Crippen LogP contribution is -2.40. The number of carbonyl (C=O) groups is 4. The molecule has 0 bridgehead atoms. The highest BCUT2D eigenvalue weighted by Crippen LogP contribution is 2.38. The summed E-state index contributed by atoms with van der Waals surface area (Å²) in [5, 5.41) is 32.9. The van der Waals surface area contributed by atoms with Crippen LogP contribution in [-0.4, -0.2) is 77.5 Å². The second-order valence-electron chi connectivity index (χ2n) is 13.0. The number of amides is 1. The van der Waals surface area contributed by atoms with E-state index >= 15 is 0 Å². The van der Waals surface area contributed by atoms with Crippen LogP contribution in [0.5, 0.6) is 11.5 Å². The first-order valence-electron chi connectivity index (χ1n) is 18.1. The van der Waals surface area contributed by atoms with E-state index in [1.807, 2.05) is 12.2 Å². The summed E-state index contributed by atoms with van der Waals surface area (Å²) in [4.78, 5) is 64.2. The molecule has 0 aromatic heterocycles. The Hall–Kier alpha value is -4.04. The van der Waals surface area contributed by atoms with Gasteiger partial charge in [0.15, 0.2) is 11.5 Å². The molecule has 51 heavy (non-hydrogen) atoms. The van der Waals surface area contributed by atoms with E-state index in [0.29, 0.717) is 57.8 Å². The van der Waals surface area contributed by atoms with Gasteiger partial charge in [-0.3, -0.25) is 9.59 Å². The maximum Gasteiger partial charge on any atom is 0.338 e. The van der Waals surface area contributed by atoms with E-state index in [0.717, 1.165) is 25.7 Å². The highest BCUT2D eigenvalue weighted by Gasteiger charge is 2.40. The van der Waals surface area contributed by atoms with Crippen molar-refractivity contribution in [1.82, 2.24) is 5.32 Å². The zero-order chi connectivity index (χ0) is 37.6. The third kappa shape index (κ3) is 16.7. The van der Waals surface area contributed by atoms with Gasteiger partial charge in [-0.15, -0.1) is 10.1 Å². The molecule has 1 aromatic rings. The molecule has 0 aliphatic heterocycles. The molecule has 0 saturated heterocycles. The van der Waals surface area contributed by atoms with Crippen LogP contribution < -0.4 is 14.8 Å². The number of benzene rings is 1. The number of nitrogens with zero attached hydrogens (tertiary/aromatic N) is 1. The molecule has 3 N–H and O–H groups in total. The van der Waals surface area contributed by atoms with Gasteiger partial charge in [-0.2, -0.15) is 0 Å². The number of unbranched alkanes of at least 4 members (excludes halogenated alkanes) is 6. The van der Waals surface area contributed by atoms with E-state index in [-0.39, 0.29) is 60.2 Å². The molecular formula is C37H56N2O12. The Labute approximate surface area is 300 Å². The zero-order valence-corrected chi connectivity index (χ0v) is 30.2. The van der Waals surface area contributed by atoms with Crippen molar-refractivity contribution in [2.24, 2.45) is 11.8 Å². The number of carbonyl (C=O) groups excluding carboxylic acids is 4. The third-order valence-electron chi connectivity index (χ3n) is 9.00. The lowest BCUT2D eigenvalue weighted by molar-refractivity contribution is -0.757. The van der Waals surface area contributed by atoms with Crippen molar-refractivity contribution in [3.63, 3.8) is 0 Å². The summed E-state index contributed by atoms with van der Waals surface area (Å²) in [6.07, 6.45) is 12.7. The van der Waals surface area contributed by atoms with Gasteiger partial charge in [-0.25, -0.2) is 9.59 Å². The molecule has 14 nitrogen and oxygen atoms in total. The Morgan fingerprint density at radius 2 is 1.67 bits per heavy atom. The summed E-state index contributed by atoms with van der Waals surface area (Å²) >= 11 is 0. The van der Waals surface area contributed by atoms with Gasteiger partial charge in [-0.1, -0.05) is 44.8 Å². The summed E-state index contributed by atoms with van der Waals surface area (Å²) in [5.41, 5.74) is 0.149. The van der Waals surface area contributed by atoms with Crippen molar-refractivity contribution in [2.75, 3.05) is 20.3 Å². The van der Waals surface area contributed by atoms with Crippen LogP contribution in [0.25, 0.3) is 0 Å². The Morgan fingerprint density at radius 3 is 2.39 bits per heavy atom. The van der Waals surface area contributed by atoms with Gasteiger partial charge in [0.2, 0.25) is 5.91 Å². The quantitative estimate of drug-likeness (QED) is 0.0274. The van der Waals surface area contributed by atoms with Crippen LogP contribution in [0.3, 0.4) is 0 Å². The Morgan fingerprint density at radius 1 is 0.941 bits per heavy atom. The second-order valence-corrected chi connectivity index (χ2v) is 13.0. The predicted molar refractivity (Wildman–Crippen MR) is 188 cm³/mol. The van der Waals surface area contributed by atoms with Crippen LogP contribution in [0.2, 0.25) is 0 Å². The zero-order valence-electron chi connectivity index (χ0n) is 30.2. The van der Waals surface area contributed by atoms with Crippen LogP contribution >= 0.6 is 0 Å². The lowest BCUT2D eigenvalue weighted by atomic mass is 9.86. The Kier molecular flexibility index (Phi) is 20.5. The van der Waals surface area contributed by atoms with Gasteiger partial charge in [0.1, 0.15) is 11.8 Å². The van der Waals surface area contributed by atoms with Crippen molar-refractivity contribution in [2.45, 2.75) is 128 Å². The summed E-state index contributed by atoms with van der Waals surface area (Å²) in [6.45, 7) is 3.59. The monoisotopic (exact) mass is 720 g/mol. The number of esters is 2. The maximum atomic E-state index is 12.7. The third-order valence-corrected chi connectivity index (χ3v) is 9.00. The van der Waals surface area contributed by atoms with E-state index in [4.69, 9.17) is 14.2 Å². The normalized spacial score (nSPS) is 19.0. The molecule has 286 valence electrons. The number of ketones is 1. The van der Waals surface area contributed by atoms with Crippen LogP contribution in [0.15, 0.2) is 30.4 Å². The summed E-state index contributed by atoms with van der Waals surface area (Å²) in [6, 6.07) is 3.17. The number of hydrogen-bond donors (Lipinski definition) is 3. The number of ether oxygens (including phenoxy) is 3. The van der Waals surface area contributed by atoms with Crippen LogP contribution in [0.4, 0.5) is 0 Å². The number of hydrogen-bond acceptors (Lipinski definition) is 12. The van der Waals surface area contributed by atoms with E-state index in [1.54, 1.807) is 0 Å². The number of rotatable bonds is 26. The number of aliphatic hydroxyl groups is 2. The number of allylic oxidation sites excluding steroid dienone is 2. The van der Waals surface area contributed by atoms with E-state index in [9.17, 15) is 39.5 Å². The Balaban J connectivity index is 1.71. The van der Waals surface area contributed by atoms with Gasteiger partial charge in [-0.05, 0) is 88.3 Å². The summed E-state index contributed by atoms with van der Waals surface area (Å²) in [5.74, 6) is -1.56. The largest absolute Gasteiger partial charge is 0.493 e. The fourth-order valence-electron chi connectivity index (χ4n) is 6.08. The SMILES string of the molecule is CCCCCCCC(=O)CC[C@@H]1[C@@H](C/C=C\CCCC(=O)NC(C)C(=O)Oc2ccc(C(=O)OCCCCO[N+](=O)[O-])cc2OC)[C@@H](O)C[C@H]1O. The molecule has 1 fully saturated rings. The minimum Gasteiger partial charge on any atom is -0.493 e. The molecule has 1 unspecified atom stereocenters. The number of methoxy groups -OCH3 is 1. The molecule has 1 aliphatic rings. The molecule has 5 atom stereocenters. The molecule has 1 amide bonds. The average molecular weight is 721 g/mol. The Bertz CT molecular complexity index is 1290. The van der Waals surface area contributed by atoms with Crippen LogP contribution in [0, 0.1) is 22.0 Å². The standard InChI is InChI=1S/C37H56N2O12/c1-4-5-6-7-10-15-28(40)19-20-30-29(31(41)25-32(30)42)16-11-8-9-12-17-35(43)38-26(2)36(44)51-33-21-18-27(24-34(33)48-3)37(45)49-22-13-14-23-50-39(46)47/h8,11,18,21,24,26,29-32,41-42H,4-7,9-10,12-17,19-20,22-23,25H2,1-3H3,(H,38,43)/b11-8-/t26?,29-,30-,31+,32-/m1/s1. The minimum atomic E-state index is -0.957. The average Bonchev–Trinajstić information content (AvgIpc) is 3.37. The van der Waals surface area contributed by atoms with Crippen molar-refractivity contribution in [3.05, 3.63) is 46.0 Å². The topological polar surface area (TPSA) is 201 Å². The smallest absolute Gasteiger partial charge is 0.338 e. The maximum absolute atomic E-state index is 12.7. The molecule has 2 rings (SSSR count). The molecule has 1 aliphatic carbocycles. The summed E-state index contributed by atoms with van der Waals surface area (Å²) < 4.78 is 15.8. The van der Waals surface area contributed by atoms with Gasteiger partial charge < -0.3 is 34.6 Å². The summed E-state index contributed by atoms with van der Waals surface area (Å²) in [7, 11) is 1.34. The molecule has 1 aromatic carbocycles. The van der Waals surface area contributed by atoms with Gasteiger partial charge in [0, 0.05) is 19.3 Å². The molecule has 14 heteroatoms. The van der Waals surface area contributed by atoms with Crippen molar-refractivity contribution in [3.8, 4) is 11.5 Å². The first-order chi connectivity index (χ1) is 24.5. The lowest BCUT2D eigenvalue weighted by Gasteiger charge is -2.22. The van der Waals surface area contributed by atoms with E-state index in [1.165, 1.54) is 38.7 Å². The minimum absolute atomic E-state index is 0.0337. The molecule has 0 heterocycles. The molecular weight excluding hydrogens is 664 g/mol. The van der Waals surface area contributed by atoms with Crippen LogP contribution in [0.1, 0.15) is 121 Å². The number of Topliss-reactive ketones (excluding diaryl/α,β-unsaturated/α-hetero) is 1. The second kappa shape index (κ2) is 24.2. The van der Waals surface area contributed by atoms with Crippen molar-refractivity contribution in [1.29, 1.82) is 0 Å². The van der Waals surface area contributed by atoms with Gasteiger partial charge >= 0.3 is 11.9 Å². The first-order valence-corrected chi connectivity index (χ1v) is 18.1.